The molecule has 0 bridgehead atoms. The predicted molar refractivity (Wildman–Crippen MR) is 242 cm³/mol. The average molecular weight is 959 g/mol. The van der Waals surface area contributed by atoms with Gasteiger partial charge in [0, 0.05) is 50.0 Å². The molecule has 5 nitrogen and oxygen atoms in total. The van der Waals surface area contributed by atoms with E-state index in [4.69, 9.17) is 9.72 Å². The molecule has 0 aliphatic carbocycles. The third-order valence-electron chi connectivity index (χ3n) is 11.5. The average Bonchev–Trinajstić information content (AvgIpc) is 3.81. The van der Waals surface area contributed by atoms with Crippen LogP contribution in [0.15, 0.2) is 128 Å². The van der Waals surface area contributed by atoms with E-state index in [1.54, 1.807) is 0 Å². The Hall–Kier alpha value is -5.12. The van der Waals surface area contributed by atoms with Gasteiger partial charge in [-0.2, -0.15) is 6.07 Å². The zero-order valence-electron chi connectivity index (χ0n) is 36.2. The Morgan fingerprint density at radius 2 is 1.22 bits per heavy atom. The molecule has 1 aliphatic rings. The molecule has 0 amide bonds. The van der Waals surface area contributed by atoms with Gasteiger partial charge < -0.3 is 19.1 Å². The Bertz CT molecular complexity index is 2640. The van der Waals surface area contributed by atoms with Gasteiger partial charge in [0.05, 0.1) is 0 Å². The molecular formula is C53H55N4OPt-3. The topological polar surface area (TPSA) is 33.5 Å². The SMILES string of the molecule is CC(C)(C)c1cc(N2C=CN(c3[c-]c(Oc4[c-]c5c(c(C(C)(C)c6ccccc6)c4)c4ccccc4n5-c4cc(C(C)(C)C)ccn4)ccc3)[CH-]2)cc(C(C)(C)C)c1.[Pt]. The molecule has 59 heavy (non-hydrogen) atoms. The fraction of sp³-hybridized carbons (Fsp3) is 0.283. The maximum absolute atomic E-state index is 6.82. The van der Waals surface area contributed by atoms with E-state index in [1.165, 1.54) is 22.3 Å². The molecule has 2 aromatic heterocycles. The van der Waals surface area contributed by atoms with Gasteiger partial charge in [0.15, 0.2) is 0 Å². The summed E-state index contributed by atoms with van der Waals surface area (Å²) in [6, 6.07) is 46.1. The minimum atomic E-state index is -0.371. The number of nitrogens with zero attached hydrogens (tertiary/aromatic N) is 4. The van der Waals surface area contributed by atoms with E-state index in [0.29, 0.717) is 11.5 Å². The quantitative estimate of drug-likeness (QED) is 0.149. The van der Waals surface area contributed by atoms with E-state index in [9.17, 15) is 0 Å². The summed E-state index contributed by atoms with van der Waals surface area (Å²) < 4.78 is 9.06. The summed E-state index contributed by atoms with van der Waals surface area (Å²) in [6.45, 7) is 27.1. The van der Waals surface area contributed by atoms with Gasteiger partial charge in [-0.3, -0.25) is 0 Å². The second-order valence-corrected chi connectivity index (χ2v) is 19.3. The summed E-state index contributed by atoms with van der Waals surface area (Å²) in [7, 11) is 0. The van der Waals surface area contributed by atoms with Crippen LogP contribution in [0.5, 0.6) is 11.5 Å². The first-order chi connectivity index (χ1) is 27.4. The molecule has 1 aliphatic heterocycles. The van der Waals surface area contributed by atoms with Gasteiger partial charge >= 0.3 is 0 Å². The molecule has 306 valence electrons. The van der Waals surface area contributed by atoms with Crippen molar-refractivity contribution in [3.8, 4) is 17.3 Å². The summed E-state index contributed by atoms with van der Waals surface area (Å²) in [5, 5.41) is 2.29. The van der Waals surface area contributed by atoms with Crippen molar-refractivity contribution in [2.45, 2.75) is 97.8 Å². The van der Waals surface area contributed by atoms with Crippen LogP contribution in [-0.2, 0) is 42.7 Å². The van der Waals surface area contributed by atoms with Crippen LogP contribution in [0.4, 0.5) is 11.4 Å². The maximum Gasteiger partial charge on any atom is 0.135 e. The number of anilines is 2. The number of ether oxygens (including phenoxy) is 1. The van der Waals surface area contributed by atoms with Crippen molar-refractivity contribution in [1.29, 1.82) is 0 Å². The molecule has 6 heteroatoms. The van der Waals surface area contributed by atoms with Gasteiger partial charge in [0.1, 0.15) is 5.82 Å². The van der Waals surface area contributed by atoms with Crippen LogP contribution in [0.3, 0.4) is 0 Å². The van der Waals surface area contributed by atoms with Crippen LogP contribution in [-0.4, -0.2) is 9.55 Å². The van der Waals surface area contributed by atoms with Crippen molar-refractivity contribution in [3.05, 3.63) is 174 Å². The molecule has 3 heterocycles. The minimum Gasteiger partial charge on any atom is -0.509 e. The molecular weight excluding hydrogens is 904 g/mol. The third kappa shape index (κ3) is 8.24. The molecule has 0 N–H and O–H groups in total. The Labute approximate surface area is 366 Å². The molecule has 0 radical (unpaired) electrons. The Balaban J connectivity index is 0.00000528. The summed E-state index contributed by atoms with van der Waals surface area (Å²) in [5.74, 6) is 2.08. The number of pyridine rings is 1. The number of hydrogen-bond donors (Lipinski definition) is 0. The first-order valence-corrected chi connectivity index (χ1v) is 20.4. The molecule has 5 aromatic carbocycles. The Morgan fingerprint density at radius 1 is 0.576 bits per heavy atom. The molecule has 8 rings (SSSR count). The fourth-order valence-electron chi connectivity index (χ4n) is 7.83. The summed E-state index contributed by atoms with van der Waals surface area (Å²) >= 11 is 0. The van der Waals surface area contributed by atoms with Crippen LogP contribution in [0.25, 0.3) is 27.6 Å². The van der Waals surface area contributed by atoms with E-state index in [2.05, 4.69) is 219 Å². The van der Waals surface area contributed by atoms with Crippen LogP contribution >= 0.6 is 0 Å². The van der Waals surface area contributed by atoms with Gasteiger partial charge in [-0.25, -0.2) is 4.98 Å². The molecule has 7 aromatic rings. The number of benzene rings is 5. The van der Waals surface area contributed by atoms with Gasteiger partial charge in [-0.15, -0.1) is 48.3 Å². The van der Waals surface area contributed by atoms with Crippen LogP contribution in [0, 0.1) is 18.8 Å². The van der Waals surface area contributed by atoms with E-state index >= 15 is 0 Å². The molecule has 0 atom stereocenters. The van der Waals surface area contributed by atoms with Crippen molar-refractivity contribution in [3.63, 3.8) is 0 Å². The van der Waals surface area contributed by atoms with Crippen molar-refractivity contribution >= 4 is 33.2 Å². The molecule has 0 saturated heterocycles. The standard InChI is InChI=1S/C53H55N4O.Pt/c1-50(2,3)37-24-25-54-48(31-37)57-46-23-16-15-22-44(46)49-45(53(10,11)36-18-13-12-14-19-36)33-43(34-47(49)57)58-42-21-17-20-40(32-42)55-26-27-56(35-55)41-29-38(51(4,5)6)28-39(30-41)52(7,8)9;/h12-31,33,35H,1-11H3;/q-3;. The zero-order valence-corrected chi connectivity index (χ0v) is 38.5. The fourth-order valence-corrected chi connectivity index (χ4v) is 7.83. The van der Waals surface area contributed by atoms with Gasteiger partial charge in [0.25, 0.3) is 0 Å². The number of hydrogen-bond acceptors (Lipinski definition) is 4. The van der Waals surface area contributed by atoms with Crippen molar-refractivity contribution < 1.29 is 25.8 Å². The maximum atomic E-state index is 6.82. The van der Waals surface area contributed by atoms with E-state index in [1.807, 2.05) is 18.3 Å². The van der Waals surface area contributed by atoms with Crippen LogP contribution < -0.4 is 14.5 Å². The summed E-state index contributed by atoms with van der Waals surface area (Å²) in [5.41, 5.74) is 9.87. The number of aromatic nitrogens is 2. The van der Waals surface area contributed by atoms with Crippen molar-refractivity contribution in [1.82, 2.24) is 9.55 Å². The number of rotatable bonds is 7. The first-order valence-electron chi connectivity index (χ1n) is 20.4. The second-order valence-electron chi connectivity index (χ2n) is 19.3. The second kappa shape index (κ2) is 15.5. The third-order valence-corrected chi connectivity index (χ3v) is 11.5. The summed E-state index contributed by atoms with van der Waals surface area (Å²) in [4.78, 5) is 9.23. The molecule has 0 spiro atoms. The number of fused-ring (bicyclic) bond motifs is 3. The number of para-hydroxylation sites is 1. The monoisotopic (exact) mass is 958 g/mol. The smallest absolute Gasteiger partial charge is 0.135 e. The van der Waals surface area contributed by atoms with Crippen LogP contribution in [0.2, 0.25) is 0 Å². The molecule has 0 saturated carbocycles. The molecule has 0 fully saturated rings. The Morgan fingerprint density at radius 3 is 1.90 bits per heavy atom. The van der Waals surface area contributed by atoms with E-state index in [-0.39, 0.29) is 42.7 Å². The Kier molecular flexibility index (Phi) is 11.0. The van der Waals surface area contributed by atoms with Crippen LogP contribution in [0.1, 0.15) is 104 Å². The first kappa shape index (κ1) is 42.0. The predicted octanol–water partition coefficient (Wildman–Crippen LogP) is 13.7. The van der Waals surface area contributed by atoms with Crippen molar-refractivity contribution in [2.75, 3.05) is 9.80 Å². The minimum absolute atomic E-state index is 0. The van der Waals surface area contributed by atoms with Gasteiger partial charge in [-0.05, 0) is 92.0 Å². The normalized spacial score (nSPS) is 13.7. The van der Waals surface area contributed by atoms with E-state index < -0.39 is 0 Å². The largest absolute Gasteiger partial charge is 0.509 e. The summed E-state index contributed by atoms with van der Waals surface area (Å²) in [6.07, 6.45) is 6.10. The molecule has 0 unspecified atom stereocenters. The van der Waals surface area contributed by atoms with Gasteiger partial charge in [-0.1, -0.05) is 142 Å². The van der Waals surface area contributed by atoms with Crippen molar-refractivity contribution in [2.24, 2.45) is 0 Å². The zero-order chi connectivity index (χ0) is 41.2. The van der Waals surface area contributed by atoms with Gasteiger partial charge in [0.2, 0.25) is 0 Å². The van der Waals surface area contributed by atoms with E-state index in [0.717, 1.165) is 44.6 Å².